The minimum Gasteiger partial charge on any atom is -0.418 e. The minimum atomic E-state index is -0.997. The van der Waals surface area contributed by atoms with E-state index in [1.54, 1.807) is 6.92 Å². The number of carbonyl (C=O) groups is 2. The van der Waals surface area contributed by atoms with Gasteiger partial charge in [0.2, 0.25) is 0 Å². The fourth-order valence-electron chi connectivity index (χ4n) is 1.41. The van der Waals surface area contributed by atoms with Gasteiger partial charge >= 0.3 is 11.9 Å². The zero-order valence-corrected chi connectivity index (χ0v) is 10.8. The summed E-state index contributed by atoms with van der Waals surface area (Å²) in [5, 5.41) is 0.647. The van der Waals surface area contributed by atoms with Crippen LogP contribution in [0.1, 0.15) is 17.3 Å². The fourth-order valence-corrected chi connectivity index (χ4v) is 1.93. The van der Waals surface area contributed by atoms with Gasteiger partial charge in [-0.1, -0.05) is 23.2 Å². The van der Waals surface area contributed by atoms with Crippen LogP contribution in [0.2, 0.25) is 10.0 Å². The Labute approximate surface area is 113 Å². The van der Waals surface area contributed by atoms with Crippen LogP contribution in [0.5, 0.6) is 0 Å². The lowest BCUT2D eigenvalue weighted by Crippen LogP contribution is -2.17. The largest absolute Gasteiger partial charge is 0.418 e. The molecule has 18 heavy (non-hydrogen) atoms. The lowest BCUT2D eigenvalue weighted by Gasteiger charge is -2.10. The van der Waals surface area contributed by atoms with Crippen LogP contribution in [0.15, 0.2) is 29.8 Å². The van der Waals surface area contributed by atoms with Crippen molar-refractivity contribution in [2.45, 2.75) is 13.2 Å². The van der Waals surface area contributed by atoms with Crippen LogP contribution in [0.3, 0.4) is 0 Å². The Hall–Kier alpha value is -1.52. The summed E-state index contributed by atoms with van der Waals surface area (Å²) in [6.45, 7) is 1.58. The zero-order chi connectivity index (χ0) is 13.3. The van der Waals surface area contributed by atoms with Crippen molar-refractivity contribution in [1.82, 2.24) is 0 Å². The van der Waals surface area contributed by atoms with E-state index in [-0.39, 0.29) is 5.56 Å². The molecule has 0 aromatic heterocycles. The molecule has 1 atom stereocenters. The van der Waals surface area contributed by atoms with E-state index in [1.165, 1.54) is 24.3 Å². The van der Waals surface area contributed by atoms with Gasteiger partial charge in [0.25, 0.3) is 6.29 Å². The molecule has 0 spiro atoms. The highest BCUT2D eigenvalue weighted by molar-refractivity contribution is 6.35. The molecule has 0 amide bonds. The SMILES string of the molecule is CC1=CC(OC(=O)c2cc(Cl)cc(Cl)c2)OC1=O. The van der Waals surface area contributed by atoms with Gasteiger partial charge in [0.05, 0.1) is 5.56 Å². The molecule has 1 aromatic carbocycles. The highest BCUT2D eigenvalue weighted by Crippen LogP contribution is 2.21. The summed E-state index contributed by atoms with van der Waals surface area (Å²) >= 11 is 11.5. The Morgan fingerprint density at radius 3 is 2.39 bits per heavy atom. The van der Waals surface area contributed by atoms with Crippen molar-refractivity contribution >= 4 is 35.1 Å². The van der Waals surface area contributed by atoms with Gasteiger partial charge in [-0.15, -0.1) is 0 Å². The number of carbonyl (C=O) groups excluding carboxylic acids is 2. The maximum absolute atomic E-state index is 11.8. The zero-order valence-electron chi connectivity index (χ0n) is 9.28. The predicted molar refractivity (Wildman–Crippen MR) is 65.5 cm³/mol. The van der Waals surface area contributed by atoms with E-state index in [0.717, 1.165) is 0 Å². The number of rotatable bonds is 2. The quantitative estimate of drug-likeness (QED) is 0.785. The van der Waals surface area contributed by atoms with Gasteiger partial charge in [0.15, 0.2) is 0 Å². The molecular weight excluding hydrogens is 279 g/mol. The highest BCUT2D eigenvalue weighted by atomic mass is 35.5. The van der Waals surface area contributed by atoms with E-state index < -0.39 is 18.2 Å². The first-order chi connectivity index (χ1) is 8.45. The molecule has 0 N–H and O–H groups in total. The van der Waals surface area contributed by atoms with Gasteiger partial charge in [-0.25, -0.2) is 9.59 Å². The smallest absolute Gasteiger partial charge is 0.341 e. The molecule has 94 valence electrons. The second-order valence-electron chi connectivity index (χ2n) is 3.69. The molecule has 0 radical (unpaired) electrons. The first kappa shape index (κ1) is 12.9. The normalized spacial score (nSPS) is 18.3. The molecule has 4 nitrogen and oxygen atoms in total. The topological polar surface area (TPSA) is 52.6 Å². The van der Waals surface area contributed by atoms with Crippen LogP contribution in [0.4, 0.5) is 0 Å². The van der Waals surface area contributed by atoms with Crippen LogP contribution < -0.4 is 0 Å². The van der Waals surface area contributed by atoms with Crippen LogP contribution in [-0.2, 0) is 14.3 Å². The van der Waals surface area contributed by atoms with E-state index in [4.69, 9.17) is 32.7 Å². The molecular formula is C12H8Cl2O4. The van der Waals surface area contributed by atoms with Crippen LogP contribution in [0, 0.1) is 0 Å². The van der Waals surface area contributed by atoms with E-state index in [0.29, 0.717) is 15.6 Å². The third-order valence-electron chi connectivity index (χ3n) is 2.25. The molecule has 0 aliphatic carbocycles. The molecule has 0 saturated heterocycles. The monoisotopic (exact) mass is 286 g/mol. The Balaban J connectivity index is 2.11. The predicted octanol–water partition coefficient (Wildman–Crippen LogP) is 2.98. The molecule has 6 heteroatoms. The minimum absolute atomic E-state index is 0.196. The van der Waals surface area contributed by atoms with Gasteiger partial charge < -0.3 is 9.47 Å². The van der Waals surface area contributed by atoms with Crippen molar-refractivity contribution in [3.05, 3.63) is 45.5 Å². The van der Waals surface area contributed by atoms with E-state index >= 15 is 0 Å². The third kappa shape index (κ3) is 2.83. The van der Waals surface area contributed by atoms with Crippen molar-refractivity contribution in [1.29, 1.82) is 0 Å². The summed E-state index contributed by atoms with van der Waals surface area (Å²) in [4.78, 5) is 22.8. The van der Waals surface area contributed by atoms with Crippen molar-refractivity contribution < 1.29 is 19.1 Å². The lowest BCUT2D eigenvalue weighted by molar-refractivity contribution is -0.151. The molecule has 1 unspecified atom stereocenters. The number of esters is 2. The van der Waals surface area contributed by atoms with Crippen molar-refractivity contribution in [3.8, 4) is 0 Å². The maximum Gasteiger partial charge on any atom is 0.341 e. The van der Waals surface area contributed by atoms with Gasteiger partial charge in [-0.2, -0.15) is 0 Å². The van der Waals surface area contributed by atoms with Crippen LogP contribution in [-0.4, -0.2) is 18.2 Å². The summed E-state index contributed by atoms with van der Waals surface area (Å²) in [5.41, 5.74) is 0.596. The number of cyclic esters (lactones) is 1. The maximum atomic E-state index is 11.8. The number of halogens is 2. The summed E-state index contributed by atoms with van der Waals surface area (Å²) in [6.07, 6.45) is 0.426. The van der Waals surface area contributed by atoms with Crippen molar-refractivity contribution in [3.63, 3.8) is 0 Å². The third-order valence-corrected chi connectivity index (χ3v) is 2.69. The number of benzene rings is 1. The average molecular weight is 287 g/mol. The fraction of sp³-hybridized carbons (Fsp3) is 0.167. The first-order valence-electron chi connectivity index (χ1n) is 5.02. The Bertz CT molecular complexity index is 531. The Kier molecular flexibility index (Phi) is 3.59. The number of hydrogen-bond acceptors (Lipinski definition) is 4. The molecule has 1 aliphatic heterocycles. The van der Waals surface area contributed by atoms with Crippen LogP contribution in [0.25, 0.3) is 0 Å². The first-order valence-corrected chi connectivity index (χ1v) is 5.78. The average Bonchev–Trinajstić information content (AvgIpc) is 2.56. The second kappa shape index (κ2) is 5.00. The molecule has 0 fully saturated rings. The molecule has 0 saturated carbocycles. The molecule has 1 aliphatic rings. The number of hydrogen-bond donors (Lipinski definition) is 0. The Morgan fingerprint density at radius 1 is 1.28 bits per heavy atom. The standard InChI is InChI=1S/C12H8Cl2O4/c1-6-2-10(17-11(6)15)18-12(16)7-3-8(13)5-9(14)4-7/h2-5,10H,1H3. The second-order valence-corrected chi connectivity index (χ2v) is 4.56. The van der Waals surface area contributed by atoms with Gasteiger partial charge in [0.1, 0.15) is 0 Å². The molecule has 0 bridgehead atoms. The lowest BCUT2D eigenvalue weighted by atomic mass is 10.2. The Morgan fingerprint density at radius 2 is 1.89 bits per heavy atom. The molecule has 2 rings (SSSR count). The van der Waals surface area contributed by atoms with Crippen molar-refractivity contribution in [2.24, 2.45) is 0 Å². The summed E-state index contributed by atoms with van der Waals surface area (Å²) in [5.74, 6) is -1.17. The van der Waals surface area contributed by atoms with Gasteiger partial charge in [-0.05, 0) is 25.1 Å². The van der Waals surface area contributed by atoms with Crippen molar-refractivity contribution in [2.75, 3.05) is 0 Å². The molecule has 1 heterocycles. The van der Waals surface area contributed by atoms with E-state index in [2.05, 4.69) is 0 Å². The van der Waals surface area contributed by atoms with Gasteiger partial charge in [0, 0.05) is 21.7 Å². The molecule has 1 aromatic rings. The van der Waals surface area contributed by atoms with E-state index in [9.17, 15) is 9.59 Å². The van der Waals surface area contributed by atoms with E-state index in [1.807, 2.05) is 0 Å². The number of ether oxygens (including phenoxy) is 2. The van der Waals surface area contributed by atoms with Gasteiger partial charge in [-0.3, -0.25) is 0 Å². The summed E-state index contributed by atoms with van der Waals surface area (Å²) < 4.78 is 9.76. The highest BCUT2D eigenvalue weighted by Gasteiger charge is 2.25. The summed E-state index contributed by atoms with van der Waals surface area (Å²) in [7, 11) is 0. The van der Waals surface area contributed by atoms with Crippen LogP contribution >= 0.6 is 23.2 Å². The summed E-state index contributed by atoms with van der Waals surface area (Å²) in [6, 6.07) is 4.34.